The van der Waals surface area contributed by atoms with Crippen molar-refractivity contribution in [1.29, 1.82) is 0 Å². The predicted octanol–water partition coefficient (Wildman–Crippen LogP) is 6.20. The van der Waals surface area contributed by atoms with Gasteiger partial charge in [-0.3, -0.25) is 4.79 Å². The standard InChI is InChI=1S/C24H28N2O2S/c1-15-11-16(2)13-19(12-15)26-23(27)22-17(3)25-21(29-22)14-28-20-9-7-18(8-10-20)24(4,5)6/h7-13H,14H2,1-6H3,(H,26,27). The summed E-state index contributed by atoms with van der Waals surface area (Å²) in [6.45, 7) is 12.8. The molecule has 1 aromatic heterocycles. The van der Waals surface area contributed by atoms with Gasteiger partial charge in [0.15, 0.2) is 0 Å². The Morgan fingerprint density at radius 1 is 1.03 bits per heavy atom. The highest BCUT2D eigenvalue weighted by Crippen LogP contribution is 2.26. The molecule has 1 heterocycles. The van der Waals surface area contributed by atoms with Gasteiger partial charge in [-0.05, 0) is 67.1 Å². The Morgan fingerprint density at radius 2 is 1.66 bits per heavy atom. The first kappa shape index (κ1) is 21.1. The van der Waals surface area contributed by atoms with E-state index in [9.17, 15) is 4.79 Å². The third kappa shape index (κ3) is 5.45. The van der Waals surface area contributed by atoms with Crippen molar-refractivity contribution in [2.75, 3.05) is 5.32 Å². The van der Waals surface area contributed by atoms with Crippen molar-refractivity contribution in [3.05, 3.63) is 74.7 Å². The van der Waals surface area contributed by atoms with Gasteiger partial charge in [-0.15, -0.1) is 11.3 Å². The van der Waals surface area contributed by atoms with Crippen molar-refractivity contribution in [2.24, 2.45) is 0 Å². The summed E-state index contributed by atoms with van der Waals surface area (Å²) in [4.78, 5) is 17.8. The molecule has 0 fully saturated rings. The monoisotopic (exact) mass is 408 g/mol. The van der Waals surface area contributed by atoms with Crippen LogP contribution in [0, 0.1) is 20.8 Å². The Hall–Kier alpha value is -2.66. The molecule has 0 bridgehead atoms. The third-order valence-electron chi connectivity index (χ3n) is 4.61. The maximum Gasteiger partial charge on any atom is 0.267 e. The van der Waals surface area contributed by atoms with Crippen molar-refractivity contribution in [3.63, 3.8) is 0 Å². The zero-order chi connectivity index (χ0) is 21.2. The van der Waals surface area contributed by atoms with Crippen LogP contribution in [0.5, 0.6) is 5.75 Å². The molecule has 2 aromatic carbocycles. The van der Waals surface area contributed by atoms with Gasteiger partial charge in [-0.25, -0.2) is 4.98 Å². The van der Waals surface area contributed by atoms with Crippen LogP contribution in [-0.4, -0.2) is 10.9 Å². The molecule has 0 aliphatic heterocycles. The van der Waals surface area contributed by atoms with Crippen molar-refractivity contribution in [2.45, 2.75) is 53.6 Å². The molecule has 1 amide bonds. The van der Waals surface area contributed by atoms with Gasteiger partial charge in [-0.1, -0.05) is 39.0 Å². The number of carbonyl (C=O) groups is 1. The lowest BCUT2D eigenvalue weighted by atomic mass is 9.87. The van der Waals surface area contributed by atoms with Crippen LogP contribution in [0.25, 0.3) is 0 Å². The first-order valence-electron chi connectivity index (χ1n) is 9.71. The number of aromatic nitrogens is 1. The van der Waals surface area contributed by atoms with E-state index >= 15 is 0 Å². The zero-order valence-electron chi connectivity index (χ0n) is 17.9. The van der Waals surface area contributed by atoms with Gasteiger partial charge in [0, 0.05) is 5.69 Å². The molecule has 5 heteroatoms. The highest BCUT2D eigenvalue weighted by molar-refractivity contribution is 7.13. The van der Waals surface area contributed by atoms with Crippen LogP contribution in [0.3, 0.4) is 0 Å². The molecule has 0 aliphatic carbocycles. The summed E-state index contributed by atoms with van der Waals surface area (Å²) in [5.74, 6) is 0.665. The number of anilines is 1. The summed E-state index contributed by atoms with van der Waals surface area (Å²) in [5.41, 5.74) is 5.14. The summed E-state index contributed by atoms with van der Waals surface area (Å²) in [6, 6.07) is 14.1. The largest absolute Gasteiger partial charge is 0.486 e. The van der Waals surface area contributed by atoms with Crippen LogP contribution >= 0.6 is 11.3 Å². The molecule has 3 aromatic rings. The Morgan fingerprint density at radius 3 is 2.24 bits per heavy atom. The van der Waals surface area contributed by atoms with E-state index < -0.39 is 0 Å². The molecule has 0 spiro atoms. The van der Waals surface area contributed by atoms with Gasteiger partial charge in [0.25, 0.3) is 5.91 Å². The van der Waals surface area contributed by atoms with Gasteiger partial charge in [0.1, 0.15) is 22.2 Å². The second kappa shape index (κ2) is 8.37. The first-order valence-corrected chi connectivity index (χ1v) is 10.5. The van der Waals surface area contributed by atoms with Crippen molar-refractivity contribution in [1.82, 2.24) is 4.98 Å². The number of benzene rings is 2. The lowest BCUT2D eigenvalue weighted by molar-refractivity contribution is 0.103. The van der Waals surface area contributed by atoms with Crippen molar-refractivity contribution < 1.29 is 9.53 Å². The maximum atomic E-state index is 12.7. The molecule has 152 valence electrons. The molecule has 0 radical (unpaired) electrons. The second-order valence-electron chi connectivity index (χ2n) is 8.42. The molecule has 0 aliphatic rings. The third-order valence-corrected chi connectivity index (χ3v) is 5.74. The van der Waals surface area contributed by atoms with E-state index in [1.807, 2.05) is 45.0 Å². The maximum absolute atomic E-state index is 12.7. The molecular formula is C24H28N2O2S. The van der Waals surface area contributed by atoms with Crippen LogP contribution in [0.1, 0.15) is 57.8 Å². The van der Waals surface area contributed by atoms with E-state index in [-0.39, 0.29) is 11.3 Å². The van der Waals surface area contributed by atoms with Crippen LogP contribution in [0.4, 0.5) is 5.69 Å². The number of aryl methyl sites for hydroxylation is 3. The summed E-state index contributed by atoms with van der Waals surface area (Å²) in [5, 5.41) is 3.76. The van der Waals surface area contributed by atoms with Crippen LogP contribution < -0.4 is 10.1 Å². The van der Waals surface area contributed by atoms with Crippen molar-refractivity contribution >= 4 is 22.9 Å². The van der Waals surface area contributed by atoms with E-state index in [1.165, 1.54) is 16.9 Å². The fourth-order valence-electron chi connectivity index (χ4n) is 3.16. The molecule has 0 saturated carbocycles. The Labute approximate surface area is 177 Å². The highest BCUT2D eigenvalue weighted by Gasteiger charge is 2.17. The first-order chi connectivity index (χ1) is 13.6. The number of nitrogens with zero attached hydrogens (tertiary/aromatic N) is 1. The Kier molecular flexibility index (Phi) is 6.08. The molecule has 0 atom stereocenters. The average molecular weight is 409 g/mol. The summed E-state index contributed by atoms with van der Waals surface area (Å²) < 4.78 is 5.87. The predicted molar refractivity (Wildman–Crippen MR) is 120 cm³/mol. The van der Waals surface area contributed by atoms with Gasteiger partial charge in [0.2, 0.25) is 0 Å². The molecule has 1 N–H and O–H groups in total. The molecule has 0 saturated heterocycles. The molecule has 3 rings (SSSR count). The number of thiazole rings is 1. The molecule has 0 unspecified atom stereocenters. The van der Waals surface area contributed by atoms with E-state index in [4.69, 9.17) is 4.74 Å². The van der Waals surface area contributed by atoms with Crippen LogP contribution in [0.2, 0.25) is 0 Å². The highest BCUT2D eigenvalue weighted by atomic mass is 32.1. The zero-order valence-corrected chi connectivity index (χ0v) is 18.7. The van der Waals surface area contributed by atoms with Gasteiger partial charge in [-0.2, -0.15) is 0 Å². The minimum Gasteiger partial charge on any atom is -0.486 e. The number of hydrogen-bond donors (Lipinski definition) is 1. The number of amides is 1. The minimum absolute atomic E-state index is 0.114. The van der Waals surface area contributed by atoms with E-state index in [1.54, 1.807) is 0 Å². The van der Waals surface area contributed by atoms with E-state index in [0.717, 1.165) is 33.3 Å². The molecule has 29 heavy (non-hydrogen) atoms. The number of hydrogen-bond acceptors (Lipinski definition) is 4. The summed E-state index contributed by atoms with van der Waals surface area (Å²) in [7, 11) is 0. The lowest BCUT2D eigenvalue weighted by Crippen LogP contribution is -2.11. The SMILES string of the molecule is Cc1cc(C)cc(NC(=O)c2sc(COc3ccc(C(C)(C)C)cc3)nc2C)c1. The number of ether oxygens (including phenoxy) is 1. The van der Waals surface area contributed by atoms with E-state index in [2.05, 4.69) is 49.3 Å². The number of carbonyl (C=O) groups excluding carboxylic acids is 1. The summed E-state index contributed by atoms with van der Waals surface area (Å²) in [6.07, 6.45) is 0. The van der Waals surface area contributed by atoms with Gasteiger partial charge in [0.05, 0.1) is 5.69 Å². The topological polar surface area (TPSA) is 51.2 Å². The number of rotatable bonds is 5. The fourth-order valence-corrected chi connectivity index (χ4v) is 4.03. The van der Waals surface area contributed by atoms with E-state index in [0.29, 0.717) is 11.5 Å². The fraction of sp³-hybridized carbons (Fsp3) is 0.333. The number of nitrogens with one attached hydrogen (secondary N) is 1. The van der Waals surface area contributed by atoms with Gasteiger partial charge < -0.3 is 10.1 Å². The molecular weight excluding hydrogens is 380 g/mol. The smallest absolute Gasteiger partial charge is 0.267 e. The Balaban J connectivity index is 1.66. The molecule has 4 nitrogen and oxygen atoms in total. The second-order valence-corrected chi connectivity index (χ2v) is 9.50. The van der Waals surface area contributed by atoms with Crippen molar-refractivity contribution in [3.8, 4) is 5.75 Å². The van der Waals surface area contributed by atoms with Gasteiger partial charge >= 0.3 is 0 Å². The minimum atomic E-state index is -0.134. The lowest BCUT2D eigenvalue weighted by Gasteiger charge is -2.19. The average Bonchev–Trinajstić information content (AvgIpc) is 2.99. The van der Waals surface area contributed by atoms with Crippen LogP contribution in [0.15, 0.2) is 42.5 Å². The van der Waals surface area contributed by atoms with Crippen LogP contribution in [-0.2, 0) is 12.0 Å². The normalized spacial score (nSPS) is 11.4. The summed E-state index contributed by atoms with van der Waals surface area (Å²) >= 11 is 1.37. The Bertz CT molecular complexity index is 994. The quantitative estimate of drug-likeness (QED) is 0.547.